The number of hydrogen-bond acceptors (Lipinski definition) is 5. The van der Waals surface area contributed by atoms with Gasteiger partial charge in [-0.1, -0.05) is 37.3 Å². The van der Waals surface area contributed by atoms with E-state index in [2.05, 4.69) is 22.2 Å². The van der Waals surface area contributed by atoms with Crippen molar-refractivity contribution in [3.63, 3.8) is 0 Å². The largest absolute Gasteiger partial charge is 0.493 e. The number of aromatic nitrogens is 3. The summed E-state index contributed by atoms with van der Waals surface area (Å²) < 4.78 is 13.1. The zero-order chi connectivity index (χ0) is 18.4. The fourth-order valence-corrected chi connectivity index (χ4v) is 2.57. The highest BCUT2D eigenvalue weighted by atomic mass is 32.1. The SMILES string of the molecule is CCCOc1ccc(/C=N/n2c(-c3ccccc3)n[nH]c2=S)cc1OC. The summed E-state index contributed by atoms with van der Waals surface area (Å²) in [7, 11) is 1.62. The van der Waals surface area contributed by atoms with Crippen molar-refractivity contribution < 1.29 is 9.47 Å². The molecular formula is C19H20N4O2S. The molecule has 3 rings (SSSR count). The second-order valence-electron chi connectivity index (χ2n) is 5.53. The van der Waals surface area contributed by atoms with Crippen LogP contribution >= 0.6 is 12.2 Å². The quantitative estimate of drug-likeness (QED) is 0.499. The van der Waals surface area contributed by atoms with Crippen LogP contribution in [-0.2, 0) is 0 Å². The van der Waals surface area contributed by atoms with E-state index in [9.17, 15) is 0 Å². The summed E-state index contributed by atoms with van der Waals surface area (Å²) in [6.07, 6.45) is 2.65. The first-order valence-electron chi connectivity index (χ1n) is 8.31. The maximum absolute atomic E-state index is 5.67. The monoisotopic (exact) mass is 368 g/mol. The van der Waals surface area contributed by atoms with E-state index >= 15 is 0 Å². The number of aromatic amines is 1. The minimum atomic E-state index is 0.426. The van der Waals surface area contributed by atoms with Crippen molar-refractivity contribution in [2.75, 3.05) is 13.7 Å². The molecule has 0 unspecified atom stereocenters. The van der Waals surface area contributed by atoms with Crippen molar-refractivity contribution >= 4 is 18.4 Å². The third-order valence-electron chi connectivity index (χ3n) is 3.65. The molecule has 0 bridgehead atoms. The van der Waals surface area contributed by atoms with Gasteiger partial charge in [0.25, 0.3) is 0 Å². The normalized spacial score (nSPS) is 11.0. The minimum Gasteiger partial charge on any atom is -0.493 e. The highest BCUT2D eigenvalue weighted by Gasteiger charge is 2.08. The molecule has 1 aromatic heterocycles. The second-order valence-corrected chi connectivity index (χ2v) is 5.92. The lowest BCUT2D eigenvalue weighted by molar-refractivity contribution is 0.294. The van der Waals surface area contributed by atoms with Gasteiger partial charge in [0, 0.05) is 5.56 Å². The first-order chi connectivity index (χ1) is 12.7. The number of benzene rings is 2. The van der Waals surface area contributed by atoms with E-state index in [4.69, 9.17) is 21.7 Å². The minimum absolute atomic E-state index is 0.426. The lowest BCUT2D eigenvalue weighted by atomic mass is 10.2. The van der Waals surface area contributed by atoms with E-state index in [1.165, 1.54) is 0 Å². The third kappa shape index (κ3) is 4.00. The van der Waals surface area contributed by atoms with Gasteiger partial charge in [-0.05, 0) is 42.4 Å². The predicted octanol–water partition coefficient (Wildman–Crippen LogP) is 4.29. The Morgan fingerprint density at radius 1 is 1.19 bits per heavy atom. The zero-order valence-electron chi connectivity index (χ0n) is 14.7. The standard InChI is InChI=1S/C19H20N4O2S/c1-3-11-25-16-10-9-14(12-17(16)24-2)13-20-23-18(21-22-19(23)26)15-7-5-4-6-8-15/h4-10,12-13H,3,11H2,1-2H3,(H,22,26)/b20-13+. The summed E-state index contributed by atoms with van der Waals surface area (Å²) in [5, 5.41) is 11.5. The van der Waals surface area contributed by atoms with Crippen molar-refractivity contribution in [3.8, 4) is 22.9 Å². The van der Waals surface area contributed by atoms with E-state index < -0.39 is 0 Å². The molecule has 0 aliphatic heterocycles. The van der Waals surface area contributed by atoms with Crippen molar-refractivity contribution in [2.45, 2.75) is 13.3 Å². The number of ether oxygens (including phenoxy) is 2. The van der Waals surface area contributed by atoms with Gasteiger partial charge in [-0.25, -0.2) is 5.10 Å². The van der Waals surface area contributed by atoms with E-state index in [0.717, 1.165) is 23.3 Å². The van der Waals surface area contributed by atoms with Gasteiger partial charge >= 0.3 is 0 Å². The van der Waals surface area contributed by atoms with Gasteiger partial charge in [0.15, 0.2) is 17.3 Å². The van der Waals surface area contributed by atoms with Gasteiger partial charge in [-0.3, -0.25) is 0 Å². The second kappa shape index (κ2) is 8.44. The van der Waals surface area contributed by atoms with E-state index in [0.29, 0.717) is 23.0 Å². The van der Waals surface area contributed by atoms with Gasteiger partial charge in [-0.15, -0.1) is 0 Å². The molecule has 0 fully saturated rings. The first kappa shape index (κ1) is 17.9. The van der Waals surface area contributed by atoms with Gasteiger partial charge < -0.3 is 9.47 Å². The first-order valence-corrected chi connectivity index (χ1v) is 8.71. The van der Waals surface area contributed by atoms with E-state index in [1.54, 1.807) is 18.0 Å². The highest BCUT2D eigenvalue weighted by molar-refractivity contribution is 7.71. The average molecular weight is 368 g/mol. The molecule has 134 valence electrons. The van der Waals surface area contributed by atoms with Crippen molar-refractivity contribution in [2.24, 2.45) is 5.10 Å². The molecule has 0 spiro atoms. The molecule has 1 N–H and O–H groups in total. The molecule has 0 amide bonds. The van der Waals surface area contributed by atoms with Crippen LogP contribution in [0.2, 0.25) is 0 Å². The molecule has 2 aromatic carbocycles. The van der Waals surface area contributed by atoms with Crippen molar-refractivity contribution in [1.82, 2.24) is 14.9 Å². The highest BCUT2D eigenvalue weighted by Crippen LogP contribution is 2.27. The number of nitrogens with zero attached hydrogens (tertiary/aromatic N) is 3. The summed E-state index contributed by atoms with van der Waals surface area (Å²) in [4.78, 5) is 0. The van der Waals surface area contributed by atoms with Crippen molar-refractivity contribution in [1.29, 1.82) is 0 Å². The lowest BCUT2D eigenvalue weighted by Gasteiger charge is -2.10. The summed E-state index contributed by atoms with van der Waals surface area (Å²) in [5.41, 5.74) is 1.80. The van der Waals surface area contributed by atoms with Crippen LogP contribution in [-0.4, -0.2) is 34.8 Å². The summed E-state index contributed by atoms with van der Waals surface area (Å²) in [5.74, 6) is 2.04. The molecule has 1 heterocycles. The molecule has 26 heavy (non-hydrogen) atoms. The summed E-state index contributed by atoms with van der Waals surface area (Å²) in [6, 6.07) is 15.4. The Labute approximate surface area is 157 Å². The van der Waals surface area contributed by atoms with E-state index in [1.807, 2.05) is 48.5 Å². The fraction of sp³-hybridized carbons (Fsp3) is 0.211. The maximum Gasteiger partial charge on any atom is 0.216 e. The number of H-pyrrole nitrogens is 1. The molecular weight excluding hydrogens is 348 g/mol. The molecule has 0 saturated carbocycles. The molecule has 0 aliphatic rings. The van der Waals surface area contributed by atoms with Crippen LogP contribution in [0.3, 0.4) is 0 Å². The molecule has 0 radical (unpaired) electrons. The third-order valence-corrected chi connectivity index (χ3v) is 3.92. The Morgan fingerprint density at radius 2 is 2.00 bits per heavy atom. The molecule has 0 atom stereocenters. The Hall–Kier alpha value is -2.93. The Kier molecular flexibility index (Phi) is 5.80. The Bertz CT molecular complexity index is 948. The van der Waals surface area contributed by atoms with E-state index in [-0.39, 0.29) is 0 Å². The molecule has 6 nitrogen and oxygen atoms in total. The molecule has 7 heteroatoms. The van der Waals surface area contributed by atoms with Gasteiger partial charge in [0.05, 0.1) is 19.9 Å². The van der Waals surface area contributed by atoms with Crippen LogP contribution in [0, 0.1) is 4.77 Å². The van der Waals surface area contributed by atoms with Crippen LogP contribution in [0.5, 0.6) is 11.5 Å². The smallest absolute Gasteiger partial charge is 0.216 e. The predicted molar refractivity (Wildman–Crippen MR) is 105 cm³/mol. The van der Waals surface area contributed by atoms with Crippen LogP contribution < -0.4 is 9.47 Å². The maximum atomic E-state index is 5.67. The van der Waals surface area contributed by atoms with Crippen LogP contribution in [0.15, 0.2) is 53.6 Å². The molecule has 0 aliphatic carbocycles. The van der Waals surface area contributed by atoms with Gasteiger partial charge in [0.1, 0.15) is 0 Å². The van der Waals surface area contributed by atoms with Gasteiger partial charge in [0.2, 0.25) is 4.77 Å². The average Bonchev–Trinajstić information content (AvgIpc) is 3.06. The fourth-order valence-electron chi connectivity index (χ4n) is 2.39. The topological polar surface area (TPSA) is 64.4 Å². The zero-order valence-corrected chi connectivity index (χ0v) is 15.5. The number of hydrogen-bond donors (Lipinski definition) is 1. The summed E-state index contributed by atoms with van der Waals surface area (Å²) in [6.45, 7) is 2.71. The van der Waals surface area contributed by atoms with Crippen LogP contribution in [0.4, 0.5) is 0 Å². The number of methoxy groups -OCH3 is 1. The molecule has 3 aromatic rings. The van der Waals surface area contributed by atoms with Crippen LogP contribution in [0.25, 0.3) is 11.4 Å². The number of nitrogens with one attached hydrogen (secondary N) is 1. The lowest BCUT2D eigenvalue weighted by Crippen LogP contribution is -1.99. The summed E-state index contributed by atoms with van der Waals surface area (Å²) >= 11 is 5.29. The Morgan fingerprint density at radius 3 is 2.73 bits per heavy atom. The van der Waals surface area contributed by atoms with Gasteiger partial charge in [-0.2, -0.15) is 14.9 Å². The number of rotatable bonds is 7. The Balaban J connectivity index is 1.89. The van der Waals surface area contributed by atoms with Crippen LogP contribution in [0.1, 0.15) is 18.9 Å². The van der Waals surface area contributed by atoms with Crippen molar-refractivity contribution in [3.05, 3.63) is 58.9 Å². The molecule has 0 saturated heterocycles.